The van der Waals surface area contributed by atoms with Gasteiger partial charge in [-0.1, -0.05) is 30.3 Å². The van der Waals surface area contributed by atoms with Crippen molar-refractivity contribution in [3.05, 3.63) is 35.9 Å². The first-order chi connectivity index (χ1) is 9.66. The highest BCUT2D eigenvalue weighted by atomic mass is 16.7. The first-order valence-corrected chi connectivity index (χ1v) is 6.53. The lowest BCUT2D eigenvalue weighted by atomic mass is 10.1. The lowest BCUT2D eigenvalue weighted by Gasteiger charge is -2.33. The summed E-state index contributed by atoms with van der Waals surface area (Å²) < 4.78 is 9.91. The van der Waals surface area contributed by atoms with Crippen molar-refractivity contribution < 1.29 is 24.2 Å². The van der Waals surface area contributed by atoms with Gasteiger partial charge in [-0.2, -0.15) is 0 Å². The fraction of sp³-hybridized carbons (Fsp3) is 0.429. The molecule has 0 aromatic heterocycles. The molecule has 0 saturated carbocycles. The highest BCUT2D eigenvalue weighted by molar-refractivity contribution is 5.68. The predicted molar refractivity (Wildman–Crippen MR) is 70.1 cm³/mol. The summed E-state index contributed by atoms with van der Waals surface area (Å²) in [6.45, 7) is 0.613. The van der Waals surface area contributed by atoms with Gasteiger partial charge in [0.1, 0.15) is 6.61 Å². The minimum absolute atomic E-state index is 0.163. The third-order valence-corrected chi connectivity index (χ3v) is 3.12. The van der Waals surface area contributed by atoms with Gasteiger partial charge in [0, 0.05) is 13.0 Å². The molecule has 1 aliphatic heterocycles. The summed E-state index contributed by atoms with van der Waals surface area (Å²) in [7, 11) is 0. The van der Waals surface area contributed by atoms with Crippen molar-refractivity contribution in [2.75, 3.05) is 6.54 Å². The second-order valence-corrected chi connectivity index (χ2v) is 4.57. The SMILES string of the molecule is O=C(O)OC1CCCCN1C(=O)OCc1ccccc1. The molecule has 0 spiro atoms. The predicted octanol–water partition coefficient (Wildman–Crippen LogP) is 2.83. The zero-order valence-corrected chi connectivity index (χ0v) is 11.0. The number of carboxylic acid groups (broad SMARTS) is 1. The first kappa shape index (κ1) is 14.2. The zero-order chi connectivity index (χ0) is 14.4. The van der Waals surface area contributed by atoms with Gasteiger partial charge in [-0.05, 0) is 18.4 Å². The zero-order valence-electron chi connectivity index (χ0n) is 11.0. The maximum Gasteiger partial charge on any atom is 0.507 e. The van der Waals surface area contributed by atoms with Crippen molar-refractivity contribution in [2.45, 2.75) is 32.1 Å². The van der Waals surface area contributed by atoms with Crippen molar-refractivity contribution in [3.63, 3.8) is 0 Å². The molecule has 1 N–H and O–H groups in total. The maximum atomic E-state index is 12.0. The molecule has 6 nitrogen and oxygen atoms in total. The molecule has 2 rings (SSSR count). The van der Waals surface area contributed by atoms with Crippen molar-refractivity contribution >= 4 is 12.2 Å². The molecule has 1 aromatic rings. The Morgan fingerprint density at radius 1 is 1.25 bits per heavy atom. The van der Waals surface area contributed by atoms with Crippen molar-refractivity contribution in [1.82, 2.24) is 4.90 Å². The summed E-state index contributed by atoms with van der Waals surface area (Å²) in [5.41, 5.74) is 0.883. The van der Waals surface area contributed by atoms with Crippen LogP contribution in [-0.4, -0.2) is 35.0 Å². The Kier molecular flexibility index (Phi) is 4.81. The Morgan fingerprint density at radius 2 is 2.00 bits per heavy atom. The Labute approximate surface area is 116 Å². The second-order valence-electron chi connectivity index (χ2n) is 4.57. The van der Waals surface area contributed by atoms with E-state index >= 15 is 0 Å². The van der Waals surface area contributed by atoms with Crippen molar-refractivity contribution in [2.24, 2.45) is 0 Å². The molecule has 6 heteroatoms. The molecule has 1 amide bonds. The normalized spacial score (nSPS) is 18.4. The minimum Gasteiger partial charge on any atom is -0.450 e. The van der Waals surface area contributed by atoms with Crippen molar-refractivity contribution in [1.29, 1.82) is 0 Å². The van der Waals surface area contributed by atoms with Gasteiger partial charge in [-0.15, -0.1) is 0 Å². The number of piperidine rings is 1. The number of carbonyl (C=O) groups is 2. The number of amides is 1. The van der Waals surface area contributed by atoms with Crippen LogP contribution in [-0.2, 0) is 16.1 Å². The molecule has 1 heterocycles. The summed E-state index contributed by atoms with van der Waals surface area (Å²) >= 11 is 0. The van der Waals surface area contributed by atoms with Gasteiger partial charge in [0.15, 0.2) is 6.23 Å². The van der Waals surface area contributed by atoms with Gasteiger partial charge >= 0.3 is 12.2 Å². The molecule has 1 atom stereocenters. The monoisotopic (exact) mass is 279 g/mol. The summed E-state index contributed by atoms with van der Waals surface area (Å²) in [6, 6.07) is 9.32. The van der Waals surface area contributed by atoms with Crippen LogP contribution in [0.4, 0.5) is 9.59 Å². The standard InChI is InChI=1S/C14H17NO5/c16-13(19-10-11-6-2-1-3-7-11)15-9-5-4-8-12(15)20-14(17)18/h1-3,6-7,12H,4-5,8-10H2,(H,17,18). The van der Waals surface area contributed by atoms with E-state index in [1.165, 1.54) is 4.90 Å². The van der Waals surface area contributed by atoms with E-state index in [0.717, 1.165) is 18.4 Å². The van der Waals surface area contributed by atoms with Gasteiger partial charge in [-0.25, -0.2) is 9.59 Å². The summed E-state index contributed by atoms with van der Waals surface area (Å²) in [5, 5.41) is 8.67. The van der Waals surface area contributed by atoms with Crippen LogP contribution in [0, 0.1) is 0 Å². The molecule has 1 unspecified atom stereocenters. The number of benzene rings is 1. The first-order valence-electron chi connectivity index (χ1n) is 6.53. The number of rotatable bonds is 3. The third-order valence-electron chi connectivity index (χ3n) is 3.12. The quantitative estimate of drug-likeness (QED) is 0.861. The molecule has 20 heavy (non-hydrogen) atoms. The Bertz CT molecular complexity index is 462. The Morgan fingerprint density at radius 3 is 2.70 bits per heavy atom. The third kappa shape index (κ3) is 3.88. The number of likely N-dealkylation sites (tertiary alicyclic amines) is 1. The van der Waals surface area contributed by atoms with Crippen LogP contribution >= 0.6 is 0 Å². The van der Waals surface area contributed by atoms with E-state index in [1.54, 1.807) is 0 Å². The summed E-state index contributed by atoms with van der Waals surface area (Å²) in [4.78, 5) is 23.9. The molecular formula is C14H17NO5. The second kappa shape index (κ2) is 6.79. The number of carbonyl (C=O) groups excluding carboxylic acids is 1. The van der Waals surface area contributed by atoms with Crippen LogP contribution in [0.15, 0.2) is 30.3 Å². The van der Waals surface area contributed by atoms with E-state index in [2.05, 4.69) is 0 Å². The molecule has 108 valence electrons. The molecule has 0 radical (unpaired) electrons. The summed E-state index contributed by atoms with van der Waals surface area (Å²) in [6.07, 6.45) is -0.505. The van der Waals surface area contributed by atoms with Crippen LogP contribution < -0.4 is 0 Å². The van der Waals surface area contributed by atoms with Crippen LogP contribution in [0.3, 0.4) is 0 Å². The molecule has 1 aromatic carbocycles. The lowest BCUT2D eigenvalue weighted by molar-refractivity contribution is -0.0503. The van der Waals surface area contributed by atoms with Gasteiger partial charge in [-0.3, -0.25) is 4.90 Å². The molecular weight excluding hydrogens is 262 g/mol. The molecule has 1 fully saturated rings. The van der Waals surface area contributed by atoms with Gasteiger partial charge in [0.25, 0.3) is 0 Å². The van der Waals surface area contributed by atoms with Crippen molar-refractivity contribution in [3.8, 4) is 0 Å². The van der Waals surface area contributed by atoms with Gasteiger partial charge < -0.3 is 14.6 Å². The maximum absolute atomic E-state index is 12.0. The minimum atomic E-state index is -1.38. The topological polar surface area (TPSA) is 76.1 Å². The van der Waals surface area contributed by atoms with Crippen LogP contribution in [0.2, 0.25) is 0 Å². The largest absolute Gasteiger partial charge is 0.507 e. The number of ether oxygens (including phenoxy) is 2. The van der Waals surface area contributed by atoms with Gasteiger partial charge in [0.05, 0.1) is 0 Å². The molecule has 0 aliphatic carbocycles. The Balaban J connectivity index is 1.90. The Hall–Kier alpha value is -2.24. The van der Waals surface area contributed by atoms with E-state index < -0.39 is 18.5 Å². The van der Waals surface area contributed by atoms with Crippen LogP contribution in [0.5, 0.6) is 0 Å². The van der Waals surface area contributed by atoms with E-state index in [1.807, 2.05) is 30.3 Å². The molecule has 1 aliphatic rings. The van der Waals surface area contributed by atoms with Gasteiger partial charge in [0.2, 0.25) is 0 Å². The number of hydrogen-bond acceptors (Lipinski definition) is 4. The smallest absolute Gasteiger partial charge is 0.450 e. The average molecular weight is 279 g/mol. The summed E-state index contributed by atoms with van der Waals surface area (Å²) in [5.74, 6) is 0. The highest BCUT2D eigenvalue weighted by Crippen LogP contribution is 2.19. The van der Waals surface area contributed by atoms with E-state index in [9.17, 15) is 9.59 Å². The highest BCUT2D eigenvalue weighted by Gasteiger charge is 2.30. The van der Waals surface area contributed by atoms with E-state index in [0.29, 0.717) is 13.0 Å². The number of nitrogens with zero attached hydrogens (tertiary/aromatic N) is 1. The fourth-order valence-electron chi connectivity index (χ4n) is 2.15. The lowest BCUT2D eigenvalue weighted by Crippen LogP contribution is -2.46. The van der Waals surface area contributed by atoms with Crippen LogP contribution in [0.25, 0.3) is 0 Å². The number of hydrogen-bond donors (Lipinski definition) is 1. The van der Waals surface area contributed by atoms with E-state index in [-0.39, 0.29) is 6.61 Å². The average Bonchev–Trinajstić information content (AvgIpc) is 2.46. The molecule has 0 bridgehead atoms. The molecule has 1 saturated heterocycles. The van der Waals surface area contributed by atoms with E-state index in [4.69, 9.17) is 14.6 Å². The fourth-order valence-corrected chi connectivity index (χ4v) is 2.15. The van der Waals surface area contributed by atoms with Crippen LogP contribution in [0.1, 0.15) is 24.8 Å².